The molecule has 1 aromatic carbocycles. The van der Waals surface area contributed by atoms with E-state index in [4.69, 9.17) is 16.9 Å². The number of rotatable bonds is 6. The third kappa shape index (κ3) is 4.83. The van der Waals surface area contributed by atoms with E-state index in [9.17, 15) is 9.90 Å². The van der Waals surface area contributed by atoms with Gasteiger partial charge in [-0.05, 0) is 45.0 Å². The van der Waals surface area contributed by atoms with E-state index in [0.717, 1.165) is 5.56 Å². The standard InChI is InChI=1S/C20H21ClN6O2/c1-12(28)17-9-18(25-24-17)19(29)23-20(2,3)11-27-7-6-16(26-27)13-4-5-14(10-22)15(21)8-13/h4-9,12,28H,11H2,1-3H3,(H,23,29)(H,24,25). The molecular formula is C20H21ClN6O2. The van der Waals surface area contributed by atoms with Crippen LogP contribution in [-0.4, -0.2) is 36.5 Å². The number of hydrogen-bond donors (Lipinski definition) is 3. The Kier molecular flexibility index (Phi) is 5.73. The van der Waals surface area contributed by atoms with Crippen molar-refractivity contribution < 1.29 is 9.90 Å². The Hall–Kier alpha value is -3.15. The van der Waals surface area contributed by atoms with Crippen LogP contribution in [-0.2, 0) is 6.54 Å². The molecule has 2 heterocycles. The molecule has 0 radical (unpaired) electrons. The number of amides is 1. The molecule has 3 rings (SSSR count). The van der Waals surface area contributed by atoms with Gasteiger partial charge in [0.1, 0.15) is 11.8 Å². The second kappa shape index (κ2) is 8.07. The first-order valence-electron chi connectivity index (χ1n) is 8.98. The van der Waals surface area contributed by atoms with Crippen LogP contribution in [0, 0.1) is 11.3 Å². The van der Waals surface area contributed by atoms with E-state index in [1.54, 1.807) is 29.8 Å². The molecule has 150 valence electrons. The average Bonchev–Trinajstić information content (AvgIpc) is 3.30. The SMILES string of the molecule is CC(O)c1cc(C(=O)NC(C)(C)Cn2ccc(-c3ccc(C#N)c(Cl)c3)n2)n[nH]1. The van der Waals surface area contributed by atoms with Crippen molar-refractivity contribution in [1.29, 1.82) is 5.26 Å². The Balaban J connectivity index is 1.70. The highest BCUT2D eigenvalue weighted by atomic mass is 35.5. The lowest BCUT2D eigenvalue weighted by molar-refractivity contribution is 0.0898. The van der Waals surface area contributed by atoms with Gasteiger partial charge >= 0.3 is 0 Å². The summed E-state index contributed by atoms with van der Waals surface area (Å²) in [5.41, 5.74) is 2.01. The van der Waals surface area contributed by atoms with Crippen molar-refractivity contribution in [2.24, 2.45) is 0 Å². The number of aromatic amines is 1. The zero-order chi connectivity index (χ0) is 21.2. The van der Waals surface area contributed by atoms with Gasteiger partial charge in [0.15, 0.2) is 0 Å². The summed E-state index contributed by atoms with van der Waals surface area (Å²) >= 11 is 6.10. The third-order valence-electron chi connectivity index (χ3n) is 4.32. The number of aliphatic hydroxyl groups is 1. The van der Waals surface area contributed by atoms with Gasteiger partial charge in [0.25, 0.3) is 5.91 Å². The van der Waals surface area contributed by atoms with E-state index >= 15 is 0 Å². The number of carbonyl (C=O) groups is 1. The molecule has 0 spiro atoms. The van der Waals surface area contributed by atoms with E-state index in [2.05, 4.69) is 20.6 Å². The van der Waals surface area contributed by atoms with Crippen LogP contribution in [0.1, 0.15) is 48.6 Å². The molecule has 1 amide bonds. The van der Waals surface area contributed by atoms with Crippen molar-refractivity contribution in [3.63, 3.8) is 0 Å². The van der Waals surface area contributed by atoms with Crippen LogP contribution < -0.4 is 5.32 Å². The molecule has 2 aromatic heterocycles. The van der Waals surface area contributed by atoms with Gasteiger partial charge in [-0.15, -0.1) is 0 Å². The summed E-state index contributed by atoms with van der Waals surface area (Å²) < 4.78 is 1.73. The van der Waals surface area contributed by atoms with Gasteiger partial charge in [-0.25, -0.2) is 0 Å². The van der Waals surface area contributed by atoms with Crippen molar-refractivity contribution in [3.8, 4) is 17.3 Å². The molecule has 8 nitrogen and oxygen atoms in total. The minimum absolute atomic E-state index is 0.211. The van der Waals surface area contributed by atoms with Crippen molar-refractivity contribution in [3.05, 3.63) is 58.5 Å². The van der Waals surface area contributed by atoms with E-state index in [1.807, 2.05) is 32.2 Å². The largest absolute Gasteiger partial charge is 0.387 e. The molecule has 29 heavy (non-hydrogen) atoms. The number of carbonyl (C=O) groups excluding carboxylic acids is 1. The zero-order valence-electron chi connectivity index (χ0n) is 16.3. The highest BCUT2D eigenvalue weighted by molar-refractivity contribution is 6.32. The highest BCUT2D eigenvalue weighted by Crippen LogP contribution is 2.24. The number of nitriles is 1. The van der Waals surface area contributed by atoms with E-state index in [-0.39, 0.29) is 11.6 Å². The van der Waals surface area contributed by atoms with Gasteiger partial charge in [-0.3, -0.25) is 14.6 Å². The zero-order valence-corrected chi connectivity index (χ0v) is 17.0. The Bertz CT molecular complexity index is 1080. The monoisotopic (exact) mass is 412 g/mol. The lowest BCUT2D eigenvalue weighted by atomic mass is 10.1. The van der Waals surface area contributed by atoms with Gasteiger partial charge in [-0.2, -0.15) is 15.5 Å². The highest BCUT2D eigenvalue weighted by Gasteiger charge is 2.24. The summed E-state index contributed by atoms with van der Waals surface area (Å²) in [6.07, 6.45) is 1.09. The van der Waals surface area contributed by atoms with E-state index in [1.165, 1.54) is 6.07 Å². The molecule has 9 heteroatoms. The van der Waals surface area contributed by atoms with Crippen LogP contribution in [0.4, 0.5) is 0 Å². The number of hydrogen-bond acceptors (Lipinski definition) is 5. The number of nitrogens with zero attached hydrogens (tertiary/aromatic N) is 4. The lowest BCUT2D eigenvalue weighted by Crippen LogP contribution is -2.46. The Morgan fingerprint density at radius 2 is 2.17 bits per heavy atom. The lowest BCUT2D eigenvalue weighted by Gasteiger charge is -2.25. The first-order chi connectivity index (χ1) is 13.7. The fraction of sp³-hybridized carbons (Fsp3) is 0.300. The molecule has 0 aliphatic rings. The molecule has 0 fully saturated rings. The molecule has 1 atom stereocenters. The van der Waals surface area contributed by atoms with Crippen LogP contribution in [0.2, 0.25) is 5.02 Å². The first-order valence-corrected chi connectivity index (χ1v) is 9.36. The summed E-state index contributed by atoms with van der Waals surface area (Å²) in [6.45, 7) is 5.78. The number of aliphatic hydroxyl groups excluding tert-OH is 1. The number of aromatic nitrogens is 4. The molecule has 3 N–H and O–H groups in total. The minimum atomic E-state index is -0.727. The minimum Gasteiger partial charge on any atom is -0.387 e. The second-order valence-electron chi connectivity index (χ2n) is 7.43. The second-order valence-corrected chi connectivity index (χ2v) is 7.83. The molecule has 0 bridgehead atoms. The summed E-state index contributed by atoms with van der Waals surface area (Å²) in [5, 5.41) is 33.0. The molecular weight excluding hydrogens is 392 g/mol. The van der Waals surface area contributed by atoms with Crippen molar-refractivity contribution in [1.82, 2.24) is 25.3 Å². The van der Waals surface area contributed by atoms with E-state index in [0.29, 0.717) is 28.5 Å². The van der Waals surface area contributed by atoms with Gasteiger partial charge in [0, 0.05) is 11.8 Å². The van der Waals surface area contributed by atoms with Gasteiger partial charge in [0.05, 0.1) is 40.2 Å². The predicted octanol–water partition coefficient (Wildman–Crippen LogP) is 3.06. The van der Waals surface area contributed by atoms with Crippen molar-refractivity contribution in [2.45, 2.75) is 39.0 Å². The molecule has 0 saturated carbocycles. The molecule has 0 saturated heterocycles. The van der Waals surface area contributed by atoms with Gasteiger partial charge < -0.3 is 10.4 Å². The molecule has 3 aromatic rings. The Morgan fingerprint density at radius 1 is 1.41 bits per heavy atom. The molecule has 1 unspecified atom stereocenters. The topological polar surface area (TPSA) is 120 Å². The quantitative estimate of drug-likeness (QED) is 0.574. The maximum absolute atomic E-state index is 12.5. The van der Waals surface area contributed by atoms with Crippen molar-refractivity contribution >= 4 is 17.5 Å². The average molecular weight is 413 g/mol. The number of H-pyrrole nitrogens is 1. The maximum Gasteiger partial charge on any atom is 0.272 e. The van der Waals surface area contributed by atoms with Crippen LogP contribution in [0.5, 0.6) is 0 Å². The van der Waals surface area contributed by atoms with Crippen LogP contribution in [0.25, 0.3) is 11.3 Å². The molecule has 0 aliphatic carbocycles. The smallest absolute Gasteiger partial charge is 0.272 e. The first kappa shape index (κ1) is 20.6. The van der Waals surface area contributed by atoms with Gasteiger partial charge in [-0.1, -0.05) is 17.7 Å². The normalized spacial score (nSPS) is 12.4. The summed E-state index contributed by atoms with van der Waals surface area (Å²) in [6, 6.07) is 10.6. The Labute approximate surface area is 173 Å². The van der Waals surface area contributed by atoms with Crippen LogP contribution in [0.3, 0.4) is 0 Å². The Morgan fingerprint density at radius 3 is 2.79 bits per heavy atom. The van der Waals surface area contributed by atoms with Gasteiger partial charge in [0.2, 0.25) is 0 Å². The summed E-state index contributed by atoms with van der Waals surface area (Å²) in [5.74, 6) is -0.343. The molecule has 0 aliphatic heterocycles. The van der Waals surface area contributed by atoms with Crippen molar-refractivity contribution in [2.75, 3.05) is 0 Å². The summed E-state index contributed by atoms with van der Waals surface area (Å²) in [4.78, 5) is 12.5. The fourth-order valence-electron chi connectivity index (χ4n) is 2.85. The number of benzene rings is 1. The summed E-state index contributed by atoms with van der Waals surface area (Å²) in [7, 11) is 0. The predicted molar refractivity (Wildman–Crippen MR) is 108 cm³/mol. The maximum atomic E-state index is 12.5. The number of halogens is 1. The fourth-order valence-corrected chi connectivity index (χ4v) is 3.07. The van der Waals surface area contributed by atoms with E-state index < -0.39 is 11.6 Å². The van der Waals surface area contributed by atoms with Crippen LogP contribution in [0.15, 0.2) is 36.5 Å². The third-order valence-corrected chi connectivity index (χ3v) is 4.63. The van der Waals surface area contributed by atoms with Crippen LogP contribution >= 0.6 is 11.6 Å². The number of nitrogens with one attached hydrogen (secondary N) is 2.